The summed E-state index contributed by atoms with van der Waals surface area (Å²) >= 11 is 0. The van der Waals surface area contributed by atoms with Gasteiger partial charge < -0.3 is 9.30 Å². The molecule has 1 heterocycles. The van der Waals surface area contributed by atoms with E-state index in [1.165, 1.54) is 6.07 Å². The normalized spacial score (nSPS) is 11.3. The summed E-state index contributed by atoms with van der Waals surface area (Å²) in [5.74, 6) is -0.519. The maximum absolute atomic E-state index is 12.0. The smallest absolute Gasteiger partial charge is 0.338 e. The van der Waals surface area contributed by atoms with Crippen molar-refractivity contribution in [1.82, 2.24) is 4.57 Å². The van der Waals surface area contributed by atoms with Crippen LogP contribution in [0.15, 0.2) is 47.6 Å². The molecule has 0 N–H and O–H groups in total. The Morgan fingerprint density at radius 3 is 2.48 bits per heavy atom. The van der Waals surface area contributed by atoms with Crippen molar-refractivity contribution in [1.29, 1.82) is 0 Å². The van der Waals surface area contributed by atoms with Gasteiger partial charge in [-0.25, -0.2) is 13.2 Å². The molecule has 1 aromatic carbocycles. The monoisotopic (exact) mass is 307 g/mol. The van der Waals surface area contributed by atoms with Crippen LogP contribution in [0.4, 0.5) is 0 Å². The van der Waals surface area contributed by atoms with E-state index in [1.54, 1.807) is 19.1 Å². The van der Waals surface area contributed by atoms with E-state index in [9.17, 15) is 13.2 Å². The summed E-state index contributed by atoms with van der Waals surface area (Å²) in [6.45, 7) is 2.38. The third-order valence-corrected chi connectivity index (χ3v) is 4.18. The summed E-state index contributed by atoms with van der Waals surface area (Å²) in [6, 6.07) is 8.36. The number of hydrogen-bond donors (Lipinski definition) is 0. The van der Waals surface area contributed by atoms with Crippen LogP contribution in [0, 0.1) is 0 Å². The van der Waals surface area contributed by atoms with Crippen LogP contribution in [0.2, 0.25) is 0 Å². The molecular formula is C15H17NO4S. The van der Waals surface area contributed by atoms with Gasteiger partial charge in [0.2, 0.25) is 0 Å². The molecule has 0 saturated heterocycles. The summed E-state index contributed by atoms with van der Waals surface area (Å²) in [7, 11) is -3.43. The van der Waals surface area contributed by atoms with Crippen molar-refractivity contribution in [3.8, 4) is 0 Å². The molecule has 0 fully saturated rings. The molecule has 1 aromatic heterocycles. The first-order valence-corrected chi connectivity index (χ1v) is 8.42. The van der Waals surface area contributed by atoms with Crippen LogP contribution in [0.5, 0.6) is 0 Å². The Bertz CT molecular complexity index is 733. The number of carbonyl (C=O) groups excluding carboxylic acids is 1. The highest BCUT2D eigenvalue weighted by Gasteiger charge is 2.17. The molecule has 21 heavy (non-hydrogen) atoms. The molecule has 0 bridgehead atoms. The summed E-state index contributed by atoms with van der Waals surface area (Å²) in [5, 5.41) is 0. The summed E-state index contributed by atoms with van der Waals surface area (Å²) in [6.07, 6.45) is 4.84. The standard InChI is InChI=1S/C15H17NO4S/c1-3-20-15(17)12-6-7-13(11-16-8-4-5-9-16)14(10-12)21(2,18)19/h4-10H,3,11H2,1-2H3. The van der Waals surface area contributed by atoms with Gasteiger partial charge in [-0.1, -0.05) is 6.07 Å². The first kappa shape index (κ1) is 15.3. The second kappa shape index (κ2) is 6.13. The highest BCUT2D eigenvalue weighted by Crippen LogP contribution is 2.20. The minimum atomic E-state index is -3.43. The fourth-order valence-electron chi connectivity index (χ4n) is 2.04. The number of esters is 1. The van der Waals surface area contributed by atoms with Crippen molar-refractivity contribution < 1.29 is 17.9 Å². The van der Waals surface area contributed by atoms with Crippen LogP contribution in [-0.2, 0) is 21.1 Å². The maximum Gasteiger partial charge on any atom is 0.338 e. The highest BCUT2D eigenvalue weighted by molar-refractivity contribution is 7.90. The molecule has 2 rings (SSSR count). The molecule has 0 aliphatic carbocycles. The summed E-state index contributed by atoms with van der Waals surface area (Å²) in [4.78, 5) is 11.9. The van der Waals surface area contributed by atoms with Gasteiger partial charge >= 0.3 is 5.97 Å². The summed E-state index contributed by atoms with van der Waals surface area (Å²) in [5.41, 5.74) is 0.885. The predicted octanol–water partition coefficient (Wildman–Crippen LogP) is 2.12. The van der Waals surface area contributed by atoms with Gasteiger partial charge in [-0.05, 0) is 36.8 Å². The molecule has 6 heteroatoms. The van der Waals surface area contributed by atoms with Crippen molar-refractivity contribution in [2.45, 2.75) is 18.4 Å². The van der Waals surface area contributed by atoms with Crippen LogP contribution in [-0.4, -0.2) is 31.8 Å². The SMILES string of the molecule is CCOC(=O)c1ccc(Cn2cccc2)c(S(C)(=O)=O)c1. The minimum Gasteiger partial charge on any atom is -0.462 e. The molecule has 0 spiro atoms. The number of ether oxygens (including phenoxy) is 1. The average Bonchev–Trinajstić information content (AvgIpc) is 2.91. The molecule has 112 valence electrons. The molecule has 0 atom stereocenters. The van der Waals surface area contributed by atoms with E-state index in [1.807, 2.05) is 29.1 Å². The Morgan fingerprint density at radius 2 is 1.90 bits per heavy atom. The van der Waals surface area contributed by atoms with Crippen LogP contribution >= 0.6 is 0 Å². The minimum absolute atomic E-state index is 0.154. The van der Waals surface area contributed by atoms with Crippen LogP contribution in [0.3, 0.4) is 0 Å². The van der Waals surface area contributed by atoms with Crippen LogP contribution in [0.1, 0.15) is 22.8 Å². The summed E-state index contributed by atoms with van der Waals surface area (Å²) < 4.78 is 30.7. The van der Waals surface area contributed by atoms with E-state index >= 15 is 0 Å². The Hall–Kier alpha value is -2.08. The van der Waals surface area contributed by atoms with Crippen LogP contribution < -0.4 is 0 Å². The molecular weight excluding hydrogens is 290 g/mol. The number of sulfone groups is 1. The zero-order valence-corrected chi connectivity index (χ0v) is 12.8. The average molecular weight is 307 g/mol. The lowest BCUT2D eigenvalue weighted by molar-refractivity contribution is 0.0526. The van der Waals surface area contributed by atoms with E-state index in [0.29, 0.717) is 12.1 Å². The number of rotatable bonds is 5. The molecule has 0 saturated carbocycles. The maximum atomic E-state index is 12.0. The van der Waals surface area contributed by atoms with E-state index in [2.05, 4.69) is 0 Å². The van der Waals surface area contributed by atoms with Gasteiger partial charge in [-0.15, -0.1) is 0 Å². The van der Waals surface area contributed by atoms with Gasteiger partial charge in [0.25, 0.3) is 0 Å². The topological polar surface area (TPSA) is 65.4 Å². The lowest BCUT2D eigenvalue weighted by Gasteiger charge is -2.11. The number of aromatic nitrogens is 1. The predicted molar refractivity (Wildman–Crippen MR) is 79.0 cm³/mol. The van der Waals surface area contributed by atoms with Crippen LogP contribution in [0.25, 0.3) is 0 Å². The lowest BCUT2D eigenvalue weighted by Crippen LogP contribution is -2.10. The molecule has 0 aliphatic rings. The fourth-order valence-corrected chi connectivity index (χ4v) is 2.99. The zero-order chi connectivity index (χ0) is 15.5. The lowest BCUT2D eigenvalue weighted by atomic mass is 10.1. The Labute approximate surface area is 124 Å². The number of benzene rings is 1. The van der Waals surface area contributed by atoms with Gasteiger partial charge in [0.05, 0.1) is 17.1 Å². The number of hydrogen-bond acceptors (Lipinski definition) is 4. The molecule has 5 nitrogen and oxygen atoms in total. The van der Waals surface area contributed by atoms with E-state index in [-0.39, 0.29) is 17.1 Å². The van der Waals surface area contributed by atoms with Crippen molar-refractivity contribution in [2.24, 2.45) is 0 Å². The van der Waals surface area contributed by atoms with Crippen molar-refractivity contribution in [2.75, 3.05) is 12.9 Å². The van der Waals surface area contributed by atoms with E-state index < -0.39 is 15.8 Å². The van der Waals surface area contributed by atoms with Gasteiger partial charge in [-0.2, -0.15) is 0 Å². The second-order valence-corrected chi connectivity index (χ2v) is 6.65. The first-order valence-electron chi connectivity index (χ1n) is 6.52. The van der Waals surface area contributed by atoms with E-state index in [4.69, 9.17) is 4.74 Å². The first-order chi connectivity index (χ1) is 9.91. The van der Waals surface area contributed by atoms with Gasteiger partial charge in [0.1, 0.15) is 0 Å². The van der Waals surface area contributed by atoms with Gasteiger partial charge in [-0.3, -0.25) is 0 Å². The molecule has 0 aliphatic heterocycles. The van der Waals surface area contributed by atoms with Gasteiger partial charge in [0.15, 0.2) is 9.84 Å². The fraction of sp³-hybridized carbons (Fsp3) is 0.267. The molecule has 0 unspecified atom stereocenters. The third kappa shape index (κ3) is 3.72. The molecule has 0 amide bonds. The zero-order valence-electron chi connectivity index (χ0n) is 11.9. The number of nitrogens with zero attached hydrogens (tertiary/aromatic N) is 1. The van der Waals surface area contributed by atoms with Crippen molar-refractivity contribution in [3.05, 3.63) is 53.9 Å². The largest absolute Gasteiger partial charge is 0.462 e. The quantitative estimate of drug-likeness (QED) is 0.794. The molecule has 2 aromatic rings. The van der Waals surface area contributed by atoms with Crippen molar-refractivity contribution in [3.63, 3.8) is 0 Å². The van der Waals surface area contributed by atoms with E-state index in [0.717, 1.165) is 6.26 Å². The molecule has 0 radical (unpaired) electrons. The van der Waals surface area contributed by atoms with Crippen molar-refractivity contribution >= 4 is 15.8 Å². The highest BCUT2D eigenvalue weighted by atomic mass is 32.2. The third-order valence-electron chi connectivity index (χ3n) is 3.00. The Kier molecular flexibility index (Phi) is 4.47. The number of carbonyl (C=O) groups is 1. The Balaban J connectivity index is 2.44. The second-order valence-electron chi connectivity index (χ2n) is 4.67. The Morgan fingerprint density at radius 1 is 1.24 bits per heavy atom. The van der Waals surface area contributed by atoms with Gasteiger partial charge in [0, 0.05) is 25.2 Å².